The standard InChI is InChI=1S/C14H19N5O3S/c1-15-23(21,22)10-12-5-3-11(4-6-12)9-16-14(20)17-13-7-8-19(2)18-13/h3-8,15H,9-10H2,1-2H3,(H2,16,17,18,20). The molecule has 0 saturated heterocycles. The Kier molecular flexibility index (Phi) is 5.35. The number of nitrogens with one attached hydrogen (secondary N) is 3. The zero-order valence-corrected chi connectivity index (χ0v) is 13.7. The SMILES string of the molecule is CNS(=O)(=O)Cc1ccc(CNC(=O)Nc2ccn(C)n2)cc1. The van der Waals surface area contributed by atoms with Crippen LogP contribution in [0.5, 0.6) is 0 Å². The number of carbonyl (C=O) groups is 1. The molecule has 0 saturated carbocycles. The average Bonchev–Trinajstić information content (AvgIpc) is 2.91. The Morgan fingerprint density at radius 1 is 1.17 bits per heavy atom. The summed E-state index contributed by atoms with van der Waals surface area (Å²) in [6.45, 7) is 0.331. The van der Waals surface area contributed by atoms with Gasteiger partial charge in [-0.2, -0.15) is 5.10 Å². The molecule has 124 valence electrons. The van der Waals surface area contributed by atoms with Gasteiger partial charge in [-0.15, -0.1) is 0 Å². The summed E-state index contributed by atoms with van der Waals surface area (Å²) in [5.74, 6) is 0.398. The maximum Gasteiger partial charge on any atom is 0.320 e. The van der Waals surface area contributed by atoms with Crippen molar-refractivity contribution in [3.8, 4) is 0 Å². The van der Waals surface area contributed by atoms with Crippen molar-refractivity contribution < 1.29 is 13.2 Å². The molecular weight excluding hydrogens is 318 g/mol. The van der Waals surface area contributed by atoms with Gasteiger partial charge in [-0.1, -0.05) is 24.3 Å². The second-order valence-electron chi connectivity index (χ2n) is 4.96. The molecule has 1 aromatic carbocycles. The van der Waals surface area contributed by atoms with E-state index in [-0.39, 0.29) is 11.8 Å². The largest absolute Gasteiger partial charge is 0.334 e. The molecule has 2 amide bonds. The van der Waals surface area contributed by atoms with Crippen molar-refractivity contribution in [1.29, 1.82) is 0 Å². The van der Waals surface area contributed by atoms with E-state index in [1.807, 2.05) is 0 Å². The summed E-state index contributed by atoms with van der Waals surface area (Å²) in [5, 5.41) is 9.36. The first-order chi connectivity index (χ1) is 10.9. The average molecular weight is 337 g/mol. The van der Waals surface area contributed by atoms with Crippen LogP contribution < -0.4 is 15.4 Å². The summed E-state index contributed by atoms with van der Waals surface area (Å²) in [7, 11) is -0.137. The van der Waals surface area contributed by atoms with Gasteiger partial charge in [0.1, 0.15) is 0 Å². The van der Waals surface area contributed by atoms with Crippen molar-refractivity contribution >= 4 is 21.9 Å². The molecule has 0 atom stereocenters. The maximum atomic E-state index is 11.7. The lowest BCUT2D eigenvalue weighted by molar-refractivity contribution is 0.251. The molecule has 23 heavy (non-hydrogen) atoms. The zero-order valence-electron chi connectivity index (χ0n) is 12.9. The highest BCUT2D eigenvalue weighted by Gasteiger charge is 2.08. The molecule has 9 heteroatoms. The number of rotatable bonds is 6. The fraction of sp³-hybridized carbons (Fsp3) is 0.286. The number of aryl methyl sites for hydroxylation is 1. The van der Waals surface area contributed by atoms with Crippen molar-refractivity contribution in [1.82, 2.24) is 19.8 Å². The number of hydrogen-bond acceptors (Lipinski definition) is 4. The molecule has 0 aliphatic carbocycles. The summed E-state index contributed by atoms with van der Waals surface area (Å²) in [4.78, 5) is 11.7. The van der Waals surface area contributed by atoms with E-state index >= 15 is 0 Å². The molecule has 2 rings (SSSR count). The highest BCUT2D eigenvalue weighted by atomic mass is 32.2. The van der Waals surface area contributed by atoms with Gasteiger partial charge in [0.2, 0.25) is 10.0 Å². The van der Waals surface area contributed by atoms with Crippen LogP contribution in [0.25, 0.3) is 0 Å². The molecule has 1 aromatic heterocycles. The molecular formula is C14H19N5O3S. The number of amides is 2. The predicted octanol–water partition coefficient (Wildman–Crippen LogP) is 0.791. The molecule has 8 nitrogen and oxygen atoms in total. The van der Waals surface area contributed by atoms with E-state index in [0.717, 1.165) is 5.56 Å². The van der Waals surface area contributed by atoms with E-state index in [9.17, 15) is 13.2 Å². The third kappa shape index (κ3) is 5.38. The number of anilines is 1. The highest BCUT2D eigenvalue weighted by Crippen LogP contribution is 2.08. The molecule has 0 radical (unpaired) electrons. The molecule has 1 heterocycles. The van der Waals surface area contributed by atoms with Crippen molar-refractivity contribution in [2.24, 2.45) is 7.05 Å². The second-order valence-corrected chi connectivity index (χ2v) is 6.89. The Balaban J connectivity index is 1.85. The monoisotopic (exact) mass is 337 g/mol. The predicted molar refractivity (Wildman–Crippen MR) is 87.2 cm³/mol. The lowest BCUT2D eigenvalue weighted by Gasteiger charge is -2.07. The summed E-state index contributed by atoms with van der Waals surface area (Å²) >= 11 is 0. The first-order valence-corrected chi connectivity index (χ1v) is 8.57. The normalized spacial score (nSPS) is 11.2. The van der Waals surface area contributed by atoms with Crippen LogP contribution in [0.2, 0.25) is 0 Å². The van der Waals surface area contributed by atoms with Crippen LogP contribution in [0, 0.1) is 0 Å². The quantitative estimate of drug-likeness (QED) is 0.725. The number of carbonyl (C=O) groups excluding carboxylic acids is 1. The van der Waals surface area contributed by atoms with Gasteiger partial charge in [-0.3, -0.25) is 10.00 Å². The summed E-state index contributed by atoms with van der Waals surface area (Å²) in [5.41, 5.74) is 1.55. The summed E-state index contributed by atoms with van der Waals surface area (Å²) in [6, 6.07) is 8.34. The van der Waals surface area contributed by atoms with Crippen LogP contribution in [-0.4, -0.2) is 31.3 Å². The molecule has 0 aliphatic heterocycles. The number of sulfonamides is 1. The van der Waals surface area contributed by atoms with Crippen LogP contribution in [-0.2, 0) is 29.4 Å². The Bertz CT molecular complexity index is 768. The Labute approximate surface area is 134 Å². The van der Waals surface area contributed by atoms with Gasteiger partial charge in [0.25, 0.3) is 0 Å². The molecule has 2 aromatic rings. The zero-order chi connectivity index (χ0) is 16.9. The fourth-order valence-electron chi connectivity index (χ4n) is 1.87. The van der Waals surface area contributed by atoms with Crippen molar-refractivity contribution in [3.63, 3.8) is 0 Å². The number of aromatic nitrogens is 2. The third-order valence-electron chi connectivity index (χ3n) is 3.10. The molecule has 0 fully saturated rings. The van der Waals surface area contributed by atoms with Crippen molar-refractivity contribution in [2.75, 3.05) is 12.4 Å². The Hall–Kier alpha value is -2.39. The molecule has 0 unspecified atom stereocenters. The van der Waals surface area contributed by atoms with Crippen LogP contribution in [0.1, 0.15) is 11.1 Å². The number of nitrogens with zero attached hydrogens (tertiary/aromatic N) is 2. The molecule has 0 aliphatic rings. The summed E-state index contributed by atoms with van der Waals surface area (Å²) < 4.78 is 26.8. The number of benzene rings is 1. The number of hydrogen-bond donors (Lipinski definition) is 3. The Morgan fingerprint density at radius 3 is 2.39 bits per heavy atom. The molecule has 0 bridgehead atoms. The van der Waals surface area contributed by atoms with Gasteiger partial charge < -0.3 is 5.32 Å². The van der Waals surface area contributed by atoms with Crippen LogP contribution in [0.4, 0.5) is 10.6 Å². The Morgan fingerprint density at radius 2 is 1.83 bits per heavy atom. The van der Waals surface area contributed by atoms with Gasteiger partial charge >= 0.3 is 6.03 Å². The smallest absolute Gasteiger partial charge is 0.320 e. The van der Waals surface area contributed by atoms with Gasteiger partial charge in [0.05, 0.1) is 5.75 Å². The van der Waals surface area contributed by atoms with Gasteiger partial charge in [0.15, 0.2) is 5.82 Å². The van der Waals surface area contributed by atoms with E-state index in [0.29, 0.717) is 17.9 Å². The van der Waals surface area contributed by atoms with Crippen molar-refractivity contribution in [2.45, 2.75) is 12.3 Å². The lowest BCUT2D eigenvalue weighted by atomic mass is 10.1. The van der Waals surface area contributed by atoms with Crippen molar-refractivity contribution in [3.05, 3.63) is 47.7 Å². The van der Waals surface area contributed by atoms with E-state index in [4.69, 9.17) is 0 Å². The van der Waals surface area contributed by atoms with Gasteiger partial charge in [-0.25, -0.2) is 17.9 Å². The minimum absolute atomic E-state index is 0.0721. The minimum Gasteiger partial charge on any atom is -0.334 e. The van der Waals surface area contributed by atoms with Crippen LogP contribution in [0.15, 0.2) is 36.5 Å². The van der Waals surface area contributed by atoms with E-state index in [1.165, 1.54) is 7.05 Å². The maximum absolute atomic E-state index is 11.7. The second kappa shape index (κ2) is 7.25. The summed E-state index contributed by atoms with van der Waals surface area (Å²) in [6.07, 6.45) is 1.73. The van der Waals surface area contributed by atoms with Crippen LogP contribution >= 0.6 is 0 Å². The topological polar surface area (TPSA) is 105 Å². The van der Waals surface area contributed by atoms with Gasteiger partial charge in [0, 0.05) is 25.9 Å². The third-order valence-corrected chi connectivity index (χ3v) is 4.43. The fourth-order valence-corrected chi connectivity index (χ4v) is 2.65. The first-order valence-electron chi connectivity index (χ1n) is 6.91. The molecule has 0 spiro atoms. The van der Waals surface area contributed by atoms with E-state index in [2.05, 4.69) is 20.5 Å². The first kappa shape index (κ1) is 17.0. The lowest BCUT2D eigenvalue weighted by Crippen LogP contribution is -2.28. The highest BCUT2D eigenvalue weighted by molar-refractivity contribution is 7.88. The van der Waals surface area contributed by atoms with Gasteiger partial charge in [-0.05, 0) is 18.2 Å². The van der Waals surface area contributed by atoms with E-state index in [1.54, 1.807) is 48.3 Å². The van der Waals surface area contributed by atoms with E-state index < -0.39 is 10.0 Å². The number of urea groups is 1. The minimum atomic E-state index is -3.28. The van der Waals surface area contributed by atoms with Crippen LogP contribution in [0.3, 0.4) is 0 Å². The molecule has 3 N–H and O–H groups in total.